The van der Waals surface area contributed by atoms with Crippen LogP contribution in [0.1, 0.15) is 40.8 Å². The summed E-state index contributed by atoms with van der Waals surface area (Å²) in [4.78, 5) is 0. The molecular weight excluding hydrogens is 266 g/mol. The highest BCUT2D eigenvalue weighted by atomic mass is 35.5. The quantitative estimate of drug-likeness (QED) is 0.758. The van der Waals surface area contributed by atoms with Gasteiger partial charge in [-0.25, -0.2) is 0 Å². The molecule has 2 rings (SSSR count). The van der Waals surface area contributed by atoms with Crippen LogP contribution in [0.25, 0.3) is 0 Å². The number of halogens is 1. The lowest BCUT2D eigenvalue weighted by Crippen LogP contribution is -2.11. The van der Waals surface area contributed by atoms with Gasteiger partial charge in [0.2, 0.25) is 0 Å². The van der Waals surface area contributed by atoms with Gasteiger partial charge in [0.25, 0.3) is 0 Å². The molecule has 2 heteroatoms. The average molecular weight is 288 g/mol. The molecule has 0 aromatic heterocycles. The first kappa shape index (κ1) is 14.9. The van der Waals surface area contributed by atoms with Gasteiger partial charge >= 0.3 is 0 Å². The van der Waals surface area contributed by atoms with Crippen molar-refractivity contribution in [3.05, 3.63) is 63.2 Å². The van der Waals surface area contributed by atoms with E-state index in [1.165, 1.54) is 27.8 Å². The van der Waals surface area contributed by atoms with Crippen LogP contribution in [0, 0.1) is 27.7 Å². The number of para-hydroxylation sites is 1. The van der Waals surface area contributed by atoms with Crippen molar-refractivity contribution in [3.63, 3.8) is 0 Å². The molecular formula is C18H22ClN. The van der Waals surface area contributed by atoms with E-state index in [1.54, 1.807) is 0 Å². The molecule has 0 bridgehead atoms. The Morgan fingerprint density at radius 1 is 0.950 bits per heavy atom. The van der Waals surface area contributed by atoms with E-state index in [1.807, 2.05) is 12.1 Å². The first-order valence-corrected chi connectivity index (χ1v) is 7.37. The summed E-state index contributed by atoms with van der Waals surface area (Å²) < 4.78 is 0. The average Bonchev–Trinajstić information content (AvgIpc) is 2.32. The van der Waals surface area contributed by atoms with Crippen molar-refractivity contribution in [2.24, 2.45) is 0 Å². The summed E-state index contributed by atoms with van der Waals surface area (Å²) in [6.45, 7) is 10.8. The van der Waals surface area contributed by atoms with E-state index in [0.29, 0.717) is 0 Å². The number of nitrogens with one attached hydrogen (secondary N) is 1. The highest BCUT2D eigenvalue weighted by molar-refractivity contribution is 6.33. The van der Waals surface area contributed by atoms with E-state index in [2.05, 4.69) is 58.1 Å². The van der Waals surface area contributed by atoms with Gasteiger partial charge in [0.15, 0.2) is 0 Å². The molecule has 1 atom stereocenters. The SMILES string of the molecule is Cc1cc(C)c(C(C)Nc2c(C)cccc2Cl)c(C)c1. The van der Waals surface area contributed by atoms with Crippen LogP contribution < -0.4 is 5.32 Å². The van der Waals surface area contributed by atoms with E-state index in [9.17, 15) is 0 Å². The first-order valence-electron chi connectivity index (χ1n) is 6.99. The van der Waals surface area contributed by atoms with E-state index >= 15 is 0 Å². The van der Waals surface area contributed by atoms with Crippen LogP contribution in [0.2, 0.25) is 5.02 Å². The third-order valence-electron chi connectivity index (χ3n) is 3.75. The molecule has 0 amide bonds. The Balaban J connectivity index is 2.36. The predicted molar refractivity (Wildman–Crippen MR) is 88.9 cm³/mol. The Kier molecular flexibility index (Phi) is 4.39. The maximum atomic E-state index is 6.30. The van der Waals surface area contributed by atoms with Crippen molar-refractivity contribution < 1.29 is 0 Å². The number of benzene rings is 2. The van der Waals surface area contributed by atoms with Crippen molar-refractivity contribution in [2.45, 2.75) is 40.7 Å². The monoisotopic (exact) mass is 287 g/mol. The highest BCUT2D eigenvalue weighted by Gasteiger charge is 2.14. The Hall–Kier alpha value is -1.47. The summed E-state index contributed by atoms with van der Waals surface area (Å²) in [5.41, 5.74) is 7.52. The molecule has 106 valence electrons. The fourth-order valence-corrected chi connectivity index (χ4v) is 3.25. The Morgan fingerprint density at radius 3 is 2.10 bits per heavy atom. The van der Waals surface area contributed by atoms with Crippen LogP contribution in [0.4, 0.5) is 5.69 Å². The zero-order valence-corrected chi connectivity index (χ0v) is 13.6. The lowest BCUT2D eigenvalue weighted by molar-refractivity contribution is 0.860. The first-order chi connectivity index (χ1) is 9.40. The molecule has 0 aliphatic heterocycles. The molecule has 0 saturated carbocycles. The van der Waals surface area contributed by atoms with Gasteiger partial charge in [-0.1, -0.05) is 41.4 Å². The third kappa shape index (κ3) is 2.99. The minimum atomic E-state index is 0.231. The molecule has 1 N–H and O–H groups in total. The summed E-state index contributed by atoms with van der Waals surface area (Å²) in [6.07, 6.45) is 0. The maximum absolute atomic E-state index is 6.30. The van der Waals surface area contributed by atoms with Gasteiger partial charge in [0, 0.05) is 6.04 Å². The summed E-state index contributed by atoms with van der Waals surface area (Å²) in [5, 5.41) is 4.34. The largest absolute Gasteiger partial charge is 0.377 e. The summed E-state index contributed by atoms with van der Waals surface area (Å²) in [5.74, 6) is 0. The van der Waals surface area contributed by atoms with Crippen molar-refractivity contribution in [2.75, 3.05) is 5.32 Å². The van der Waals surface area contributed by atoms with E-state index < -0.39 is 0 Å². The standard InChI is InChI=1S/C18H22ClN/c1-11-9-13(3)17(14(4)10-11)15(5)20-18-12(2)7-6-8-16(18)19/h6-10,15,20H,1-5H3. The van der Waals surface area contributed by atoms with Crippen LogP contribution in [0.5, 0.6) is 0 Å². The fourth-order valence-electron chi connectivity index (χ4n) is 2.98. The van der Waals surface area contributed by atoms with Gasteiger partial charge in [-0.05, 0) is 62.9 Å². The Bertz CT molecular complexity index is 588. The number of hydrogen-bond donors (Lipinski definition) is 1. The molecule has 1 unspecified atom stereocenters. The van der Waals surface area contributed by atoms with Gasteiger partial charge in [0.05, 0.1) is 10.7 Å². The minimum absolute atomic E-state index is 0.231. The molecule has 20 heavy (non-hydrogen) atoms. The smallest absolute Gasteiger partial charge is 0.0640 e. The third-order valence-corrected chi connectivity index (χ3v) is 4.07. The molecule has 0 spiro atoms. The molecule has 0 aliphatic rings. The predicted octanol–water partition coefficient (Wildman–Crippen LogP) is 5.75. The topological polar surface area (TPSA) is 12.0 Å². The second kappa shape index (κ2) is 5.88. The van der Waals surface area contributed by atoms with Crippen LogP contribution in [0.3, 0.4) is 0 Å². The van der Waals surface area contributed by atoms with Crippen molar-refractivity contribution in [1.29, 1.82) is 0 Å². The number of anilines is 1. The van der Waals surface area contributed by atoms with E-state index in [4.69, 9.17) is 11.6 Å². The summed E-state index contributed by atoms with van der Waals surface area (Å²) >= 11 is 6.30. The van der Waals surface area contributed by atoms with Crippen LogP contribution in [-0.4, -0.2) is 0 Å². The van der Waals surface area contributed by atoms with Crippen molar-refractivity contribution >= 4 is 17.3 Å². The van der Waals surface area contributed by atoms with E-state index in [0.717, 1.165) is 10.7 Å². The number of hydrogen-bond acceptors (Lipinski definition) is 1. The number of aryl methyl sites for hydroxylation is 4. The molecule has 2 aromatic carbocycles. The molecule has 0 aliphatic carbocycles. The van der Waals surface area contributed by atoms with E-state index in [-0.39, 0.29) is 6.04 Å². The van der Waals surface area contributed by atoms with Crippen LogP contribution in [0.15, 0.2) is 30.3 Å². The summed E-state index contributed by atoms with van der Waals surface area (Å²) in [7, 11) is 0. The summed E-state index contributed by atoms with van der Waals surface area (Å²) in [6, 6.07) is 10.7. The van der Waals surface area contributed by atoms with Crippen LogP contribution in [-0.2, 0) is 0 Å². The molecule has 0 saturated heterocycles. The second-order valence-corrected chi connectivity index (χ2v) is 6.02. The van der Waals surface area contributed by atoms with Crippen LogP contribution >= 0.6 is 11.6 Å². The molecule has 1 nitrogen and oxygen atoms in total. The van der Waals surface area contributed by atoms with Gasteiger partial charge in [-0.2, -0.15) is 0 Å². The molecule has 0 heterocycles. The normalized spacial score (nSPS) is 12.3. The zero-order valence-electron chi connectivity index (χ0n) is 12.8. The highest BCUT2D eigenvalue weighted by Crippen LogP contribution is 2.31. The Labute approximate surface area is 127 Å². The van der Waals surface area contributed by atoms with Gasteiger partial charge in [0.1, 0.15) is 0 Å². The number of rotatable bonds is 3. The van der Waals surface area contributed by atoms with Gasteiger partial charge in [-0.15, -0.1) is 0 Å². The van der Waals surface area contributed by atoms with Gasteiger partial charge < -0.3 is 5.32 Å². The lowest BCUT2D eigenvalue weighted by atomic mass is 9.94. The fraction of sp³-hybridized carbons (Fsp3) is 0.333. The van der Waals surface area contributed by atoms with Crippen molar-refractivity contribution in [3.8, 4) is 0 Å². The molecule has 2 aromatic rings. The molecule has 0 fully saturated rings. The molecule has 0 radical (unpaired) electrons. The second-order valence-electron chi connectivity index (χ2n) is 5.61. The lowest BCUT2D eigenvalue weighted by Gasteiger charge is -2.22. The Morgan fingerprint density at radius 2 is 1.55 bits per heavy atom. The maximum Gasteiger partial charge on any atom is 0.0640 e. The zero-order chi connectivity index (χ0) is 14.9. The van der Waals surface area contributed by atoms with Gasteiger partial charge in [-0.3, -0.25) is 0 Å². The van der Waals surface area contributed by atoms with Crippen molar-refractivity contribution in [1.82, 2.24) is 0 Å². The minimum Gasteiger partial charge on any atom is -0.377 e.